The highest BCUT2D eigenvalue weighted by molar-refractivity contribution is 7.80. The second-order valence-corrected chi connectivity index (χ2v) is 13.0. The van der Waals surface area contributed by atoms with Crippen LogP contribution in [0.25, 0.3) is 0 Å². The maximum absolute atomic E-state index is 12.4. The summed E-state index contributed by atoms with van der Waals surface area (Å²) < 4.78 is 10.4. The van der Waals surface area contributed by atoms with Crippen molar-refractivity contribution in [1.29, 1.82) is 0 Å². The molecule has 0 N–H and O–H groups in total. The molecular weight excluding hydrogens is 529 g/mol. The van der Waals surface area contributed by atoms with Crippen LogP contribution in [0.5, 0.6) is 0 Å². The zero-order chi connectivity index (χ0) is 26.9. The Morgan fingerprint density at radius 3 is 1.41 bits per heavy atom. The first-order valence-electron chi connectivity index (χ1n) is 13.4. The van der Waals surface area contributed by atoms with Gasteiger partial charge in [0.05, 0.1) is 28.0 Å². The number of nitrogens with zero attached hydrogens (tertiary/aromatic N) is 4. The summed E-state index contributed by atoms with van der Waals surface area (Å²) >= 11 is 17.7. The molecule has 4 rings (SSSR count). The van der Waals surface area contributed by atoms with Crippen molar-refractivity contribution in [3.63, 3.8) is 0 Å². The van der Waals surface area contributed by atoms with Crippen molar-refractivity contribution in [2.24, 2.45) is 23.7 Å². The zero-order valence-electron chi connectivity index (χ0n) is 22.4. The number of amides is 1. The molecule has 1 amide bonds. The van der Waals surface area contributed by atoms with Gasteiger partial charge in [0.1, 0.15) is 5.60 Å². The van der Waals surface area contributed by atoms with Crippen molar-refractivity contribution in [2.45, 2.75) is 52.1 Å². The van der Waals surface area contributed by atoms with E-state index in [0.29, 0.717) is 31.5 Å². The lowest BCUT2D eigenvalue weighted by Gasteiger charge is -2.28. The summed E-state index contributed by atoms with van der Waals surface area (Å²) in [7, 11) is 1.45. The molecular formula is C26H40N4O4S3. The second-order valence-electron chi connectivity index (χ2n) is 11.7. The predicted molar refractivity (Wildman–Crippen MR) is 155 cm³/mol. The van der Waals surface area contributed by atoms with E-state index in [9.17, 15) is 9.59 Å². The third-order valence-corrected chi connectivity index (χ3v) is 9.70. The van der Waals surface area contributed by atoms with Gasteiger partial charge in [-0.15, -0.1) is 0 Å². The predicted octanol–water partition coefficient (Wildman–Crippen LogP) is 3.36. The number of hydrogen-bond donors (Lipinski definition) is 0. The van der Waals surface area contributed by atoms with Gasteiger partial charge < -0.3 is 29.1 Å². The number of carbonyl (C=O) groups is 2. The van der Waals surface area contributed by atoms with E-state index in [-0.39, 0.29) is 23.9 Å². The summed E-state index contributed by atoms with van der Waals surface area (Å²) in [5.41, 5.74) is -0.494. The van der Waals surface area contributed by atoms with Crippen LogP contribution in [0.4, 0.5) is 4.79 Å². The largest absolute Gasteiger partial charge is 0.469 e. The molecule has 0 radical (unpaired) electrons. The maximum atomic E-state index is 12.4. The Labute approximate surface area is 237 Å². The number of thiocarbonyl (C=S) groups is 3. The summed E-state index contributed by atoms with van der Waals surface area (Å²) in [6.07, 6.45) is 3.42. The highest BCUT2D eigenvalue weighted by Crippen LogP contribution is 2.30. The Bertz CT molecular complexity index is 939. The van der Waals surface area contributed by atoms with E-state index in [1.807, 2.05) is 20.8 Å². The fourth-order valence-corrected chi connectivity index (χ4v) is 6.95. The summed E-state index contributed by atoms with van der Waals surface area (Å²) in [5, 5.41) is 0. The molecule has 206 valence electrons. The molecule has 8 nitrogen and oxygen atoms in total. The van der Waals surface area contributed by atoms with Crippen LogP contribution < -0.4 is 0 Å². The lowest BCUT2D eigenvalue weighted by Crippen LogP contribution is -2.39. The van der Waals surface area contributed by atoms with Crippen molar-refractivity contribution in [3.8, 4) is 0 Å². The van der Waals surface area contributed by atoms with E-state index in [1.165, 1.54) is 7.11 Å². The summed E-state index contributed by atoms with van der Waals surface area (Å²) in [5.74, 6) is 0.571. The Morgan fingerprint density at radius 2 is 1.00 bits per heavy atom. The maximum Gasteiger partial charge on any atom is 0.410 e. The lowest BCUT2D eigenvalue weighted by molar-refractivity contribution is -0.144. The van der Waals surface area contributed by atoms with Gasteiger partial charge in [-0.05, 0) is 46.5 Å². The van der Waals surface area contributed by atoms with Crippen LogP contribution >= 0.6 is 36.7 Å². The molecule has 4 fully saturated rings. The molecule has 11 heteroatoms. The molecule has 4 saturated heterocycles. The molecule has 0 aromatic heterocycles. The molecule has 4 aliphatic heterocycles. The van der Waals surface area contributed by atoms with Crippen molar-refractivity contribution < 1.29 is 19.1 Å². The fourth-order valence-electron chi connectivity index (χ4n) is 5.87. The van der Waals surface area contributed by atoms with Crippen molar-refractivity contribution in [3.05, 3.63) is 0 Å². The molecule has 37 heavy (non-hydrogen) atoms. The van der Waals surface area contributed by atoms with Gasteiger partial charge in [0.15, 0.2) is 0 Å². The molecule has 0 bridgehead atoms. The molecule has 4 aliphatic rings. The summed E-state index contributed by atoms with van der Waals surface area (Å²) in [6.45, 7) is 12.0. The van der Waals surface area contributed by atoms with Gasteiger partial charge in [-0.2, -0.15) is 0 Å². The van der Waals surface area contributed by atoms with Crippen molar-refractivity contribution >= 4 is 63.7 Å². The molecule has 4 atom stereocenters. The van der Waals surface area contributed by atoms with Crippen LogP contribution in [0, 0.1) is 23.7 Å². The van der Waals surface area contributed by atoms with Gasteiger partial charge >= 0.3 is 12.1 Å². The van der Waals surface area contributed by atoms with Gasteiger partial charge in [-0.3, -0.25) is 4.79 Å². The molecule has 0 aromatic rings. The third-order valence-electron chi connectivity index (χ3n) is 7.92. The smallest absolute Gasteiger partial charge is 0.410 e. The number of rotatable bonds is 4. The van der Waals surface area contributed by atoms with E-state index in [4.69, 9.17) is 46.1 Å². The minimum Gasteiger partial charge on any atom is -0.469 e. The Hall–Kier alpha value is -1.59. The number of esters is 1. The highest BCUT2D eigenvalue weighted by atomic mass is 32.1. The average molecular weight is 569 g/mol. The number of likely N-dealkylation sites (tertiary alicyclic amines) is 4. The zero-order valence-corrected chi connectivity index (χ0v) is 24.9. The number of hydrogen-bond acceptors (Lipinski definition) is 7. The first-order chi connectivity index (χ1) is 17.5. The second kappa shape index (κ2) is 11.7. The normalized spacial score (nSPS) is 28.1. The summed E-state index contributed by atoms with van der Waals surface area (Å²) in [6, 6.07) is 0. The standard InChI is InChI=1S/C26H40N4O4S3/c1-26(2,3)34-25(32)30-12-7-19(15-30)23(37)28-10-5-17(13-28)21(35)27-9-6-18(14-27)22(36)29-11-8-20(16-29)24(31)33-4/h17-20H,5-16H2,1-4H3/t17-,18-,19-,20-/m0/s1. The van der Waals surface area contributed by atoms with E-state index < -0.39 is 5.60 Å². The van der Waals surface area contributed by atoms with Crippen LogP contribution in [0.2, 0.25) is 0 Å². The number of methoxy groups -OCH3 is 1. The van der Waals surface area contributed by atoms with Crippen LogP contribution in [0.15, 0.2) is 0 Å². The third kappa shape index (κ3) is 6.71. The van der Waals surface area contributed by atoms with Gasteiger partial charge in [0.2, 0.25) is 0 Å². The SMILES string of the molecule is COC(=O)[C@H]1CCN(C(=S)[C@H]2CCN(C(=S)[C@H]3CCN(C(=S)[C@H]4CCN(C(=O)OC(C)(C)C)C4)C3)C2)C1. The number of ether oxygens (including phenoxy) is 2. The molecule has 0 spiro atoms. The Kier molecular flexibility index (Phi) is 8.95. The van der Waals surface area contributed by atoms with Gasteiger partial charge in [-0.25, -0.2) is 4.79 Å². The Balaban J connectivity index is 1.23. The minimum atomic E-state index is -0.494. The van der Waals surface area contributed by atoms with E-state index in [2.05, 4.69) is 14.7 Å². The quantitative estimate of drug-likeness (QED) is 0.373. The van der Waals surface area contributed by atoms with Gasteiger partial charge in [-0.1, -0.05) is 36.7 Å². The molecule has 0 aromatic carbocycles. The van der Waals surface area contributed by atoms with Gasteiger partial charge in [0, 0.05) is 70.1 Å². The van der Waals surface area contributed by atoms with Crippen LogP contribution in [-0.2, 0) is 14.3 Å². The molecule has 0 saturated carbocycles. The molecule has 0 unspecified atom stereocenters. The Morgan fingerprint density at radius 1 is 0.649 bits per heavy atom. The topological polar surface area (TPSA) is 65.6 Å². The first kappa shape index (κ1) is 28.4. The van der Waals surface area contributed by atoms with E-state index >= 15 is 0 Å². The van der Waals surface area contributed by atoms with Gasteiger partial charge in [0.25, 0.3) is 0 Å². The average Bonchev–Trinajstić information content (AvgIpc) is 3.67. The fraction of sp³-hybridized carbons (Fsp3) is 0.808. The highest BCUT2D eigenvalue weighted by Gasteiger charge is 2.39. The monoisotopic (exact) mass is 568 g/mol. The van der Waals surface area contributed by atoms with Crippen LogP contribution in [0.3, 0.4) is 0 Å². The molecule has 0 aliphatic carbocycles. The van der Waals surface area contributed by atoms with E-state index in [0.717, 1.165) is 73.4 Å². The minimum absolute atomic E-state index is 0.0778. The van der Waals surface area contributed by atoms with Crippen LogP contribution in [0.1, 0.15) is 46.5 Å². The molecule has 4 heterocycles. The van der Waals surface area contributed by atoms with Crippen molar-refractivity contribution in [1.82, 2.24) is 19.6 Å². The summed E-state index contributed by atoms with van der Waals surface area (Å²) in [4.78, 5) is 35.9. The van der Waals surface area contributed by atoms with Crippen LogP contribution in [-0.4, -0.2) is 112 Å². The van der Waals surface area contributed by atoms with Crippen molar-refractivity contribution in [2.75, 3.05) is 59.5 Å². The lowest BCUT2D eigenvalue weighted by atomic mass is 10.1. The first-order valence-corrected chi connectivity index (χ1v) is 14.6. The number of carbonyl (C=O) groups excluding carboxylic acids is 2. The van der Waals surface area contributed by atoms with E-state index in [1.54, 1.807) is 4.90 Å².